The van der Waals surface area contributed by atoms with Gasteiger partial charge in [-0.15, -0.1) is 11.3 Å². The molecule has 1 aromatic carbocycles. The SMILES string of the molecule is NC[C@@H]1CN(Cc2cnc(-c3ccncc3)s2)C[C@H]1c1ccccc1. The first-order chi connectivity index (χ1) is 12.3. The van der Waals surface area contributed by atoms with Crippen molar-refractivity contribution in [2.75, 3.05) is 19.6 Å². The van der Waals surface area contributed by atoms with Crippen LogP contribution in [0.3, 0.4) is 0 Å². The van der Waals surface area contributed by atoms with Crippen LogP contribution in [-0.4, -0.2) is 34.5 Å². The summed E-state index contributed by atoms with van der Waals surface area (Å²) in [6.45, 7) is 3.80. The molecule has 25 heavy (non-hydrogen) atoms. The molecule has 0 radical (unpaired) electrons. The van der Waals surface area contributed by atoms with Gasteiger partial charge in [-0.2, -0.15) is 0 Å². The van der Waals surface area contributed by atoms with Gasteiger partial charge in [0.1, 0.15) is 5.01 Å². The Morgan fingerprint density at radius 1 is 1.08 bits per heavy atom. The van der Waals surface area contributed by atoms with E-state index in [1.54, 1.807) is 11.3 Å². The Morgan fingerprint density at radius 3 is 2.64 bits per heavy atom. The maximum absolute atomic E-state index is 6.05. The number of rotatable bonds is 5. The first-order valence-electron chi connectivity index (χ1n) is 8.66. The zero-order valence-electron chi connectivity index (χ0n) is 14.1. The maximum Gasteiger partial charge on any atom is 0.123 e. The molecule has 0 saturated carbocycles. The van der Waals surface area contributed by atoms with Crippen LogP contribution in [0, 0.1) is 5.92 Å². The molecule has 1 fully saturated rings. The van der Waals surface area contributed by atoms with Gasteiger partial charge < -0.3 is 5.73 Å². The van der Waals surface area contributed by atoms with Gasteiger partial charge in [0.2, 0.25) is 0 Å². The monoisotopic (exact) mass is 350 g/mol. The van der Waals surface area contributed by atoms with E-state index in [0.717, 1.165) is 36.8 Å². The number of pyridine rings is 1. The lowest BCUT2D eigenvalue weighted by atomic mass is 9.89. The van der Waals surface area contributed by atoms with Crippen LogP contribution in [0.5, 0.6) is 0 Å². The number of aromatic nitrogens is 2. The van der Waals surface area contributed by atoms with Crippen LogP contribution in [0.15, 0.2) is 61.1 Å². The quantitative estimate of drug-likeness (QED) is 0.766. The highest BCUT2D eigenvalue weighted by Gasteiger charge is 2.32. The standard InChI is InChI=1S/C20H22N4S/c21-10-17-12-24(14-19(17)15-4-2-1-3-5-15)13-18-11-23-20(25-18)16-6-8-22-9-7-16/h1-9,11,17,19H,10,12-14,21H2/t17-,19+/m1/s1. The smallest absolute Gasteiger partial charge is 0.123 e. The largest absolute Gasteiger partial charge is 0.330 e. The van der Waals surface area contributed by atoms with Crippen LogP contribution in [0.25, 0.3) is 10.6 Å². The normalized spacial score (nSPS) is 20.8. The number of hydrogen-bond acceptors (Lipinski definition) is 5. The van der Waals surface area contributed by atoms with Gasteiger partial charge in [-0.05, 0) is 30.2 Å². The maximum atomic E-state index is 6.05. The molecular weight excluding hydrogens is 328 g/mol. The predicted molar refractivity (Wildman–Crippen MR) is 102 cm³/mol. The van der Waals surface area contributed by atoms with Gasteiger partial charge in [0.15, 0.2) is 0 Å². The Kier molecular flexibility index (Phi) is 4.88. The Labute approximate surface area is 152 Å². The third-order valence-corrected chi connectivity index (χ3v) is 5.94. The number of nitrogens with zero attached hydrogens (tertiary/aromatic N) is 3. The van der Waals surface area contributed by atoms with Crippen molar-refractivity contribution in [2.24, 2.45) is 11.7 Å². The van der Waals surface area contributed by atoms with Crippen molar-refractivity contribution in [3.05, 3.63) is 71.5 Å². The fourth-order valence-corrected chi connectivity index (χ4v) is 4.60. The van der Waals surface area contributed by atoms with Crippen molar-refractivity contribution in [3.63, 3.8) is 0 Å². The number of thiazole rings is 1. The van der Waals surface area contributed by atoms with Crippen LogP contribution in [0.4, 0.5) is 0 Å². The second kappa shape index (κ2) is 7.44. The Hall–Kier alpha value is -2.08. The van der Waals surface area contributed by atoms with Crippen molar-refractivity contribution < 1.29 is 0 Å². The molecule has 4 nitrogen and oxygen atoms in total. The van der Waals surface area contributed by atoms with Gasteiger partial charge in [0.25, 0.3) is 0 Å². The fourth-order valence-electron chi connectivity index (χ4n) is 3.64. The Balaban J connectivity index is 1.46. The summed E-state index contributed by atoms with van der Waals surface area (Å²) in [6.07, 6.45) is 5.63. The van der Waals surface area contributed by atoms with Crippen molar-refractivity contribution in [1.29, 1.82) is 0 Å². The molecule has 1 aliphatic heterocycles. The lowest BCUT2D eigenvalue weighted by Crippen LogP contribution is -2.22. The number of likely N-dealkylation sites (tertiary alicyclic amines) is 1. The van der Waals surface area contributed by atoms with E-state index in [2.05, 4.69) is 45.2 Å². The van der Waals surface area contributed by atoms with Crippen molar-refractivity contribution in [2.45, 2.75) is 12.5 Å². The van der Waals surface area contributed by atoms with Gasteiger partial charge >= 0.3 is 0 Å². The predicted octanol–water partition coefficient (Wildman–Crippen LogP) is 3.38. The van der Waals surface area contributed by atoms with Crippen LogP contribution >= 0.6 is 11.3 Å². The summed E-state index contributed by atoms with van der Waals surface area (Å²) >= 11 is 1.77. The van der Waals surface area contributed by atoms with E-state index in [0.29, 0.717) is 11.8 Å². The summed E-state index contributed by atoms with van der Waals surface area (Å²) in [4.78, 5) is 12.5. The van der Waals surface area contributed by atoms with E-state index < -0.39 is 0 Å². The Morgan fingerprint density at radius 2 is 1.88 bits per heavy atom. The minimum absolute atomic E-state index is 0.523. The van der Waals surface area contributed by atoms with Gasteiger partial charge in [0.05, 0.1) is 0 Å². The lowest BCUT2D eigenvalue weighted by molar-refractivity contribution is 0.319. The van der Waals surface area contributed by atoms with E-state index >= 15 is 0 Å². The van der Waals surface area contributed by atoms with E-state index in [4.69, 9.17) is 5.73 Å². The summed E-state index contributed by atoms with van der Waals surface area (Å²) < 4.78 is 0. The summed E-state index contributed by atoms with van der Waals surface area (Å²) in [5, 5.41) is 1.06. The highest BCUT2D eigenvalue weighted by atomic mass is 32.1. The molecule has 0 bridgehead atoms. The third-order valence-electron chi connectivity index (χ3n) is 4.91. The van der Waals surface area contributed by atoms with E-state index in [9.17, 15) is 0 Å². The molecule has 2 aromatic heterocycles. The summed E-state index contributed by atoms with van der Waals surface area (Å²) in [7, 11) is 0. The third kappa shape index (κ3) is 3.63. The lowest BCUT2D eigenvalue weighted by Gasteiger charge is -2.16. The Bertz CT molecular complexity index is 803. The highest BCUT2D eigenvalue weighted by molar-refractivity contribution is 7.15. The molecule has 128 valence electrons. The molecule has 0 aliphatic carbocycles. The topological polar surface area (TPSA) is 55.0 Å². The molecule has 3 aromatic rings. The molecule has 4 rings (SSSR count). The first kappa shape index (κ1) is 16.4. The molecule has 1 saturated heterocycles. The van der Waals surface area contributed by atoms with Gasteiger partial charge in [0, 0.05) is 54.6 Å². The van der Waals surface area contributed by atoms with Gasteiger partial charge in [-0.3, -0.25) is 9.88 Å². The van der Waals surface area contributed by atoms with E-state index in [-0.39, 0.29) is 0 Å². The van der Waals surface area contributed by atoms with Crippen molar-refractivity contribution in [1.82, 2.24) is 14.9 Å². The number of nitrogens with two attached hydrogens (primary N) is 1. The van der Waals surface area contributed by atoms with Crippen molar-refractivity contribution in [3.8, 4) is 10.6 Å². The molecule has 2 N–H and O–H groups in total. The van der Waals surface area contributed by atoms with Gasteiger partial charge in [-0.25, -0.2) is 4.98 Å². The van der Waals surface area contributed by atoms with E-state index in [1.807, 2.05) is 30.7 Å². The number of benzene rings is 1. The zero-order valence-corrected chi connectivity index (χ0v) is 14.9. The highest BCUT2D eigenvalue weighted by Crippen LogP contribution is 2.34. The molecule has 1 aliphatic rings. The fraction of sp³-hybridized carbons (Fsp3) is 0.300. The van der Waals surface area contributed by atoms with E-state index in [1.165, 1.54) is 10.4 Å². The zero-order chi connectivity index (χ0) is 17.1. The molecule has 3 heterocycles. The van der Waals surface area contributed by atoms with Gasteiger partial charge in [-0.1, -0.05) is 30.3 Å². The summed E-state index contributed by atoms with van der Waals surface area (Å²) in [5.41, 5.74) is 8.59. The first-order valence-corrected chi connectivity index (χ1v) is 9.47. The summed E-state index contributed by atoms with van der Waals surface area (Å²) in [6, 6.07) is 14.8. The molecule has 2 atom stereocenters. The van der Waals surface area contributed by atoms with Crippen LogP contribution in [-0.2, 0) is 6.54 Å². The molecule has 0 spiro atoms. The van der Waals surface area contributed by atoms with Crippen LogP contribution in [0.1, 0.15) is 16.4 Å². The molecular formula is C20H22N4S. The molecule has 0 amide bonds. The van der Waals surface area contributed by atoms with Crippen molar-refractivity contribution >= 4 is 11.3 Å². The average Bonchev–Trinajstić information content (AvgIpc) is 3.30. The second-order valence-corrected chi connectivity index (χ2v) is 7.69. The second-order valence-electron chi connectivity index (χ2n) is 6.57. The minimum atomic E-state index is 0.523. The summed E-state index contributed by atoms with van der Waals surface area (Å²) in [5.74, 6) is 1.05. The number of hydrogen-bond donors (Lipinski definition) is 1. The average molecular weight is 350 g/mol. The van der Waals surface area contributed by atoms with Crippen LogP contribution < -0.4 is 5.73 Å². The van der Waals surface area contributed by atoms with Crippen LogP contribution in [0.2, 0.25) is 0 Å². The molecule has 5 heteroatoms. The minimum Gasteiger partial charge on any atom is -0.330 e. The molecule has 0 unspecified atom stereocenters.